The first-order valence-corrected chi connectivity index (χ1v) is 8.22. The number of carbonyl (C=O) groups excluding carboxylic acids is 2. The molecule has 2 aromatic rings. The third-order valence-electron chi connectivity index (χ3n) is 4.20. The zero-order valence-corrected chi connectivity index (χ0v) is 14.9. The van der Waals surface area contributed by atoms with E-state index in [0.717, 1.165) is 5.06 Å². The summed E-state index contributed by atoms with van der Waals surface area (Å²) in [4.78, 5) is 41.1. The Labute approximate surface area is 155 Å². The Morgan fingerprint density at radius 1 is 1.11 bits per heavy atom. The molecule has 1 heterocycles. The lowest BCUT2D eigenvalue weighted by Crippen LogP contribution is -2.29. The van der Waals surface area contributed by atoms with Gasteiger partial charge >= 0.3 is 5.97 Å². The minimum absolute atomic E-state index is 0.133. The fraction of sp³-hybridized carbons (Fsp3) is 0.150. The molecule has 7 heteroatoms. The lowest BCUT2D eigenvalue weighted by atomic mass is 9.97. The predicted octanol–water partition coefficient (Wildman–Crippen LogP) is 2.66. The number of carboxylic acids is 1. The Bertz CT molecular complexity index is 950. The second-order valence-electron chi connectivity index (χ2n) is 5.97. The van der Waals surface area contributed by atoms with Crippen LogP contribution in [0.5, 0.6) is 0 Å². The van der Waals surface area contributed by atoms with Gasteiger partial charge in [-0.2, -0.15) is 0 Å². The molecule has 0 radical (unpaired) electrons. The molecular weight excluding hydrogens is 348 g/mol. The normalized spacial score (nSPS) is 14.4. The van der Waals surface area contributed by atoms with Crippen LogP contribution < -0.4 is 5.32 Å². The number of nitrogens with one attached hydrogen (secondary N) is 1. The first-order chi connectivity index (χ1) is 12.9. The van der Waals surface area contributed by atoms with Gasteiger partial charge in [0.2, 0.25) is 0 Å². The number of amides is 1. The molecule has 27 heavy (non-hydrogen) atoms. The van der Waals surface area contributed by atoms with E-state index in [9.17, 15) is 19.5 Å². The molecule has 3 rings (SSSR count). The third kappa shape index (κ3) is 3.58. The Kier molecular flexibility index (Phi) is 5.05. The standard InChI is InChI=1S/C20H18N2O5/c1-12(23)14-8-9-16-15(10-14)18(20(26)21-16)19(13-6-4-3-5-7-13)22(27-2)11-17(24)25/h3-10H,11H2,1-2H3,(H,21,26)(H,24,25). The van der Waals surface area contributed by atoms with Gasteiger partial charge in [0.15, 0.2) is 5.78 Å². The van der Waals surface area contributed by atoms with Crippen molar-refractivity contribution in [2.45, 2.75) is 6.92 Å². The number of nitrogens with zero attached hydrogens (tertiary/aromatic N) is 1. The van der Waals surface area contributed by atoms with Gasteiger partial charge in [-0.05, 0) is 25.1 Å². The van der Waals surface area contributed by atoms with Crippen LogP contribution in [0.3, 0.4) is 0 Å². The van der Waals surface area contributed by atoms with E-state index in [1.165, 1.54) is 14.0 Å². The zero-order chi connectivity index (χ0) is 19.6. The highest BCUT2D eigenvalue weighted by molar-refractivity contribution is 6.36. The van der Waals surface area contributed by atoms with Gasteiger partial charge < -0.3 is 10.4 Å². The molecular formula is C20H18N2O5. The van der Waals surface area contributed by atoms with E-state index in [-0.39, 0.29) is 11.4 Å². The topological polar surface area (TPSA) is 95.9 Å². The minimum atomic E-state index is -1.11. The van der Waals surface area contributed by atoms with Crippen molar-refractivity contribution >= 4 is 34.6 Å². The highest BCUT2D eigenvalue weighted by Gasteiger charge is 2.32. The van der Waals surface area contributed by atoms with Crippen LogP contribution in [0.15, 0.2) is 48.5 Å². The van der Waals surface area contributed by atoms with Crippen molar-refractivity contribution in [3.05, 3.63) is 65.2 Å². The fourth-order valence-electron chi connectivity index (χ4n) is 2.99. The van der Waals surface area contributed by atoms with E-state index in [1.807, 2.05) is 6.07 Å². The number of carboxylic acid groups (broad SMARTS) is 1. The second kappa shape index (κ2) is 7.43. The Morgan fingerprint density at radius 2 is 1.81 bits per heavy atom. The number of ketones is 1. The van der Waals surface area contributed by atoms with Crippen LogP contribution >= 0.6 is 0 Å². The Hall–Kier alpha value is -3.45. The molecule has 0 atom stereocenters. The van der Waals surface area contributed by atoms with Gasteiger partial charge in [0, 0.05) is 22.4 Å². The predicted molar refractivity (Wildman–Crippen MR) is 99.7 cm³/mol. The van der Waals surface area contributed by atoms with Crippen LogP contribution in [0, 0.1) is 0 Å². The van der Waals surface area contributed by atoms with Gasteiger partial charge in [-0.3, -0.25) is 19.2 Å². The number of carbonyl (C=O) groups is 3. The maximum absolute atomic E-state index is 12.7. The summed E-state index contributed by atoms with van der Waals surface area (Å²) in [5.74, 6) is -1.63. The molecule has 1 aliphatic rings. The maximum atomic E-state index is 12.7. The number of benzene rings is 2. The monoisotopic (exact) mass is 366 g/mol. The summed E-state index contributed by atoms with van der Waals surface area (Å²) in [6.45, 7) is 0.985. The van der Waals surface area contributed by atoms with Crippen LogP contribution in [0.25, 0.3) is 11.3 Å². The Balaban J connectivity index is 2.29. The summed E-state index contributed by atoms with van der Waals surface area (Å²) in [6, 6.07) is 13.8. The number of Topliss-reactive ketones (excluding diaryl/α,β-unsaturated/α-hetero) is 1. The summed E-state index contributed by atoms with van der Waals surface area (Å²) in [5.41, 5.74) is 2.72. The number of hydrogen-bond acceptors (Lipinski definition) is 5. The van der Waals surface area contributed by atoms with Crippen molar-refractivity contribution in [2.24, 2.45) is 0 Å². The summed E-state index contributed by atoms with van der Waals surface area (Å²) in [5, 5.41) is 13.2. The number of aliphatic carboxylic acids is 1. The number of hydroxylamine groups is 2. The Morgan fingerprint density at radius 3 is 2.41 bits per heavy atom. The van der Waals surface area contributed by atoms with Gasteiger partial charge in [0.25, 0.3) is 5.91 Å². The average Bonchev–Trinajstić information content (AvgIpc) is 2.97. The molecule has 2 N–H and O–H groups in total. The van der Waals surface area contributed by atoms with E-state index < -0.39 is 18.4 Å². The first-order valence-electron chi connectivity index (χ1n) is 8.22. The van der Waals surface area contributed by atoms with E-state index in [2.05, 4.69) is 5.32 Å². The SMILES string of the molecule is CON(CC(=O)O)C(=C1C(=O)Nc2ccc(C(C)=O)cc21)c1ccccc1. The fourth-order valence-corrected chi connectivity index (χ4v) is 2.99. The highest BCUT2D eigenvalue weighted by Crippen LogP contribution is 2.39. The number of fused-ring (bicyclic) bond motifs is 1. The molecule has 0 saturated heterocycles. The molecule has 1 amide bonds. The summed E-state index contributed by atoms with van der Waals surface area (Å²) in [6.07, 6.45) is 0. The van der Waals surface area contributed by atoms with Crippen molar-refractivity contribution in [3.63, 3.8) is 0 Å². The van der Waals surface area contributed by atoms with Crippen molar-refractivity contribution in [1.29, 1.82) is 0 Å². The molecule has 0 bridgehead atoms. The lowest BCUT2D eigenvalue weighted by Gasteiger charge is -2.25. The largest absolute Gasteiger partial charge is 0.480 e. The number of rotatable bonds is 6. The molecule has 1 aliphatic heterocycles. The molecule has 138 valence electrons. The number of hydrogen-bond donors (Lipinski definition) is 2. The quantitative estimate of drug-likeness (QED) is 0.464. The van der Waals surface area contributed by atoms with Crippen molar-refractivity contribution in [3.8, 4) is 0 Å². The molecule has 0 unspecified atom stereocenters. The average molecular weight is 366 g/mol. The van der Waals surface area contributed by atoms with E-state index in [4.69, 9.17) is 4.84 Å². The van der Waals surface area contributed by atoms with Gasteiger partial charge in [-0.1, -0.05) is 30.3 Å². The van der Waals surface area contributed by atoms with E-state index in [1.54, 1.807) is 42.5 Å². The van der Waals surface area contributed by atoms with Crippen LogP contribution in [0.4, 0.5) is 5.69 Å². The van der Waals surface area contributed by atoms with Crippen LogP contribution in [0.2, 0.25) is 0 Å². The minimum Gasteiger partial charge on any atom is -0.480 e. The van der Waals surface area contributed by atoms with Gasteiger partial charge in [0.1, 0.15) is 6.54 Å². The molecule has 0 fully saturated rings. The van der Waals surface area contributed by atoms with Crippen molar-refractivity contribution < 1.29 is 24.3 Å². The summed E-state index contributed by atoms with van der Waals surface area (Å²) >= 11 is 0. The molecule has 0 aromatic heterocycles. The lowest BCUT2D eigenvalue weighted by molar-refractivity contribution is -0.149. The molecule has 7 nitrogen and oxygen atoms in total. The van der Waals surface area contributed by atoms with Crippen LogP contribution in [-0.4, -0.2) is 41.5 Å². The molecule has 0 aliphatic carbocycles. The van der Waals surface area contributed by atoms with E-state index >= 15 is 0 Å². The second-order valence-corrected chi connectivity index (χ2v) is 5.97. The molecule has 0 spiro atoms. The molecule has 0 saturated carbocycles. The molecule has 2 aromatic carbocycles. The summed E-state index contributed by atoms with van der Waals surface area (Å²) < 4.78 is 0. The third-order valence-corrected chi connectivity index (χ3v) is 4.20. The maximum Gasteiger partial charge on any atom is 0.325 e. The van der Waals surface area contributed by atoms with Gasteiger partial charge in [-0.15, -0.1) is 0 Å². The van der Waals surface area contributed by atoms with Crippen LogP contribution in [-0.2, 0) is 14.4 Å². The van der Waals surface area contributed by atoms with Gasteiger partial charge in [-0.25, -0.2) is 5.06 Å². The zero-order valence-electron chi connectivity index (χ0n) is 14.9. The first kappa shape index (κ1) is 18.3. The highest BCUT2D eigenvalue weighted by atomic mass is 16.7. The van der Waals surface area contributed by atoms with E-state index in [0.29, 0.717) is 28.1 Å². The smallest absolute Gasteiger partial charge is 0.325 e. The van der Waals surface area contributed by atoms with Crippen molar-refractivity contribution in [2.75, 3.05) is 19.0 Å². The summed E-state index contributed by atoms with van der Waals surface area (Å²) in [7, 11) is 1.34. The number of anilines is 1. The van der Waals surface area contributed by atoms with Crippen molar-refractivity contribution in [1.82, 2.24) is 5.06 Å². The van der Waals surface area contributed by atoms with Gasteiger partial charge in [0.05, 0.1) is 18.4 Å². The van der Waals surface area contributed by atoms with Crippen LogP contribution in [0.1, 0.15) is 28.4 Å².